The van der Waals surface area contributed by atoms with E-state index < -0.39 is 11.5 Å². The molecule has 2 aliphatic rings. The smallest absolute Gasteiger partial charge is 0.349 e. The Kier molecular flexibility index (Phi) is 2.97. The van der Waals surface area contributed by atoms with E-state index >= 15 is 0 Å². The molecule has 2 N–H and O–H groups in total. The number of aromatic nitrogens is 5. The molecular weight excluding hydrogens is 352 g/mol. The number of hydrogen-bond acceptors (Lipinski definition) is 8. The zero-order chi connectivity index (χ0) is 18.8. The van der Waals surface area contributed by atoms with Crippen LogP contribution in [0.1, 0.15) is 19.5 Å². The van der Waals surface area contributed by atoms with Crippen molar-refractivity contribution < 1.29 is 14.6 Å². The van der Waals surface area contributed by atoms with Crippen LogP contribution in [-0.4, -0.2) is 41.8 Å². The van der Waals surface area contributed by atoms with Gasteiger partial charge in [-0.15, -0.1) is 0 Å². The topological polar surface area (TPSA) is 128 Å². The van der Waals surface area contributed by atoms with E-state index in [1.807, 2.05) is 0 Å². The number of ether oxygens (including phenoxy) is 2. The number of fused-ring (bicyclic) bond motifs is 2. The monoisotopic (exact) mass is 366 g/mol. The van der Waals surface area contributed by atoms with Crippen molar-refractivity contribution in [1.29, 1.82) is 0 Å². The number of aromatic hydroxyl groups is 1. The Morgan fingerprint density at radius 2 is 2.00 bits per heavy atom. The summed E-state index contributed by atoms with van der Waals surface area (Å²) in [5.74, 6) is 0.376. The van der Waals surface area contributed by atoms with E-state index in [1.54, 1.807) is 26.1 Å². The molecule has 27 heavy (non-hydrogen) atoms. The first kappa shape index (κ1) is 15.6. The Morgan fingerprint density at radius 3 is 2.81 bits per heavy atom. The summed E-state index contributed by atoms with van der Waals surface area (Å²) in [6.45, 7) is 3.52. The largest absolute Gasteiger partial charge is 0.507 e. The van der Waals surface area contributed by atoms with Gasteiger partial charge in [0.05, 0.1) is 11.3 Å². The first-order chi connectivity index (χ1) is 12.9. The Morgan fingerprint density at radius 1 is 1.22 bits per heavy atom. The van der Waals surface area contributed by atoms with E-state index in [0.717, 1.165) is 5.69 Å². The minimum absolute atomic E-state index is 0.107. The minimum Gasteiger partial charge on any atom is -0.507 e. The van der Waals surface area contributed by atoms with E-state index in [-0.39, 0.29) is 11.6 Å². The standard InChI is InChI=1S/C17H14N6O4/c1-17(2)26-11-5-8(10(24)6-12(11)27-17)14-21-22-16(25)23(14)15-13-9(3-4-18-13)19-7-20-15/h4-7,24H,3H2,1-2H3,(H,22,25). The molecule has 0 radical (unpaired) electrons. The summed E-state index contributed by atoms with van der Waals surface area (Å²) in [5.41, 5.74) is 1.01. The molecule has 0 bridgehead atoms. The number of aliphatic imine (C=N–C) groups is 1. The molecule has 2 aliphatic heterocycles. The van der Waals surface area contributed by atoms with Gasteiger partial charge >= 0.3 is 5.69 Å². The Labute approximate surface area is 152 Å². The minimum atomic E-state index is -0.846. The highest BCUT2D eigenvalue weighted by molar-refractivity contribution is 5.79. The predicted molar refractivity (Wildman–Crippen MR) is 94.1 cm³/mol. The van der Waals surface area contributed by atoms with Gasteiger partial charge in [0.15, 0.2) is 23.1 Å². The summed E-state index contributed by atoms with van der Waals surface area (Å²) in [6.07, 6.45) is 3.64. The predicted octanol–water partition coefficient (Wildman–Crippen LogP) is 1.49. The first-order valence-corrected chi connectivity index (χ1v) is 8.22. The molecule has 0 aliphatic carbocycles. The van der Waals surface area contributed by atoms with Crippen LogP contribution in [0.5, 0.6) is 17.2 Å². The van der Waals surface area contributed by atoms with Crippen molar-refractivity contribution in [1.82, 2.24) is 24.7 Å². The average molecular weight is 366 g/mol. The van der Waals surface area contributed by atoms with Gasteiger partial charge in [-0.05, 0) is 6.07 Å². The molecule has 0 spiro atoms. The highest BCUT2D eigenvalue weighted by Crippen LogP contribution is 2.45. The molecule has 10 nitrogen and oxygen atoms in total. The SMILES string of the molecule is CC1(C)Oc2cc(O)c(-c3n[nH]c(=O)n3-c3ncnc4c3N=CC4)cc2O1. The Hall–Kier alpha value is -3.69. The van der Waals surface area contributed by atoms with E-state index in [0.29, 0.717) is 35.0 Å². The molecule has 0 fully saturated rings. The summed E-state index contributed by atoms with van der Waals surface area (Å²) in [5, 5.41) is 17.0. The molecule has 0 atom stereocenters. The number of aromatic amines is 1. The van der Waals surface area contributed by atoms with Crippen LogP contribution in [0.4, 0.5) is 5.69 Å². The number of hydrogen-bond donors (Lipinski definition) is 2. The van der Waals surface area contributed by atoms with Crippen LogP contribution in [0, 0.1) is 0 Å². The quantitative estimate of drug-likeness (QED) is 0.703. The van der Waals surface area contributed by atoms with Crippen molar-refractivity contribution >= 4 is 11.9 Å². The molecule has 5 rings (SSSR count). The first-order valence-electron chi connectivity index (χ1n) is 8.22. The van der Waals surface area contributed by atoms with E-state index in [4.69, 9.17) is 9.47 Å². The third kappa shape index (κ3) is 2.30. The van der Waals surface area contributed by atoms with Gasteiger partial charge in [0.25, 0.3) is 0 Å². The van der Waals surface area contributed by atoms with Gasteiger partial charge in [-0.2, -0.15) is 5.10 Å². The molecule has 3 aromatic rings. The third-order valence-corrected chi connectivity index (χ3v) is 4.28. The number of nitrogens with one attached hydrogen (secondary N) is 1. The highest BCUT2D eigenvalue weighted by atomic mass is 16.7. The van der Waals surface area contributed by atoms with Crippen LogP contribution >= 0.6 is 0 Å². The fourth-order valence-electron chi connectivity index (χ4n) is 3.19. The van der Waals surface area contributed by atoms with Gasteiger partial charge in [-0.1, -0.05) is 0 Å². The molecule has 0 saturated heterocycles. The van der Waals surface area contributed by atoms with Gasteiger partial charge in [-0.25, -0.2) is 24.4 Å². The zero-order valence-electron chi connectivity index (χ0n) is 14.4. The molecule has 1 aromatic carbocycles. The van der Waals surface area contributed by atoms with Gasteiger partial charge in [0.1, 0.15) is 17.8 Å². The fraction of sp³-hybridized carbons (Fsp3) is 0.235. The van der Waals surface area contributed by atoms with Crippen molar-refractivity contribution in [3.63, 3.8) is 0 Å². The second-order valence-corrected chi connectivity index (χ2v) is 6.62. The maximum Gasteiger partial charge on any atom is 0.349 e. The van der Waals surface area contributed by atoms with Crippen molar-refractivity contribution in [3.05, 3.63) is 34.6 Å². The Balaban J connectivity index is 1.71. The van der Waals surface area contributed by atoms with Crippen LogP contribution in [0.3, 0.4) is 0 Å². The number of benzene rings is 1. The fourth-order valence-corrected chi connectivity index (χ4v) is 3.19. The van der Waals surface area contributed by atoms with Crippen molar-refractivity contribution in [2.45, 2.75) is 26.1 Å². The third-order valence-electron chi connectivity index (χ3n) is 4.28. The summed E-state index contributed by atoms with van der Waals surface area (Å²) < 4.78 is 12.6. The summed E-state index contributed by atoms with van der Waals surface area (Å²) in [7, 11) is 0. The lowest BCUT2D eigenvalue weighted by Crippen LogP contribution is -2.29. The number of nitrogens with zero attached hydrogens (tertiary/aromatic N) is 5. The number of phenolic OH excluding ortho intramolecular Hbond substituents is 1. The number of H-pyrrole nitrogens is 1. The molecular formula is C17H14N6O4. The molecule has 0 amide bonds. The maximum atomic E-state index is 12.5. The molecule has 2 aromatic heterocycles. The van der Waals surface area contributed by atoms with Gasteiger partial charge in [-0.3, -0.25) is 4.99 Å². The summed E-state index contributed by atoms with van der Waals surface area (Å²) >= 11 is 0. The Bertz CT molecular complexity index is 1180. The number of rotatable bonds is 2. The van der Waals surface area contributed by atoms with Crippen molar-refractivity contribution in [2.24, 2.45) is 4.99 Å². The van der Waals surface area contributed by atoms with E-state index in [2.05, 4.69) is 25.2 Å². The zero-order valence-corrected chi connectivity index (χ0v) is 14.4. The molecule has 136 valence electrons. The van der Waals surface area contributed by atoms with Crippen LogP contribution < -0.4 is 15.2 Å². The van der Waals surface area contributed by atoms with Crippen LogP contribution in [0.15, 0.2) is 28.2 Å². The normalized spacial score (nSPS) is 15.9. The van der Waals surface area contributed by atoms with E-state index in [1.165, 1.54) is 17.0 Å². The molecule has 0 saturated carbocycles. The van der Waals surface area contributed by atoms with Gasteiger partial charge in [0, 0.05) is 32.5 Å². The molecule has 4 heterocycles. The lowest BCUT2D eigenvalue weighted by molar-refractivity contribution is -0.0431. The van der Waals surface area contributed by atoms with Gasteiger partial charge in [0.2, 0.25) is 5.79 Å². The maximum absolute atomic E-state index is 12.5. The van der Waals surface area contributed by atoms with Crippen molar-refractivity contribution in [2.75, 3.05) is 0 Å². The van der Waals surface area contributed by atoms with E-state index in [9.17, 15) is 9.90 Å². The lowest BCUT2D eigenvalue weighted by Gasteiger charge is -2.16. The molecule has 0 unspecified atom stereocenters. The summed E-state index contributed by atoms with van der Waals surface area (Å²) in [4.78, 5) is 25.1. The van der Waals surface area contributed by atoms with Crippen LogP contribution in [0.2, 0.25) is 0 Å². The summed E-state index contributed by atoms with van der Waals surface area (Å²) in [6, 6.07) is 3.02. The second kappa shape index (κ2) is 5.16. The van der Waals surface area contributed by atoms with Crippen LogP contribution in [0.25, 0.3) is 17.2 Å². The molecule has 10 heteroatoms. The van der Waals surface area contributed by atoms with Crippen molar-refractivity contribution in [3.8, 4) is 34.5 Å². The second-order valence-electron chi connectivity index (χ2n) is 6.62. The lowest BCUT2D eigenvalue weighted by atomic mass is 10.1. The van der Waals surface area contributed by atoms with Gasteiger partial charge < -0.3 is 14.6 Å². The van der Waals surface area contributed by atoms with Crippen LogP contribution in [-0.2, 0) is 6.42 Å². The highest BCUT2D eigenvalue weighted by Gasteiger charge is 2.34. The number of phenols is 1. The average Bonchev–Trinajstić information content (AvgIpc) is 3.29.